The summed E-state index contributed by atoms with van der Waals surface area (Å²) in [6, 6.07) is 0. The Balaban J connectivity index is 4.02. The zero-order valence-electron chi connectivity index (χ0n) is 7.99. The predicted octanol–water partition coefficient (Wildman–Crippen LogP) is 2.56. The van der Waals surface area contributed by atoms with E-state index in [0.717, 1.165) is 12.8 Å². The van der Waals surface area contributed by atoms with E-state index in [1.807, 2.05) is 20.0 Å². The van der Waals surface area contributed by atoms with Crippen LogP contribution in [0.5, 0.6) is 0 Å². The second-order valence-electron chi connectivity index (χ2n) is 2.32. The first-order valence-corrected chi connectivity index (χ1v) is 5.68. The van der Waals surface area contributed by atoms with Crippen molar-refractivity contribution < 1.29 is 18.1 Å². The van der Waals surface area contributed by atoms with Crippen molar-refractivity contribution in [1.82, 2.24) is 0 Å². The lowest BCUT2D eigenvalue weighted by molar-refractivity contribution is 0.148. The van der Waals surface area contributed by atoms with Gasteiger partial charge in [-0.05, 0) is 12.8 Å². The quantitative estimate of drug-likeness (QED) is 0.474. The van der Waals surface area contributed by atoms with Crippen molar-refractivity contribution in [1.29, 1.82) is 0 Å². The normalized spacial score (nSPS) is 10.8. The fourth-order valence-electron chi connectivity index (χ4n) is 0.561. The molecule has 5 heteroatoms. The maximum Gasteiger partial charge on any atom is 0.538 e. The number of hydrogen-bond donors (Lipinski definition) is 0. The second-order valence-corrected chi connectivity index (χ2v) is 3.92. The molecule has 0 atom stereocenters. The summed E-state index contributed by atoms with van der Waals surface area (Å²) in [6.07, 6.45) is 8.13. The van der Waals surface area contributed by atoms with E-state index in [4.69, 9.17) is 15.5 Å². The molecule has 0 saturated carbocycles. The molecular weight excluding hydrogens is 191 g/mol. The molecule has 0 unspecified atom stereocenters. The van der Waals surface area contributed by atoms with E-state index in [-0.39, 0.29) is 0 Å². The first-order chi connectivity index (χ1) is 6.18. The van der Waals surface area contributed by atoms with Gasteiger partial charge in [0.2, 0.25) is 0 Å². The highest BCUT2D eigenvalue weighted by Gasteiger charge is 2.26. The molecule has 0 spiro atoms. The van der Waals surface area contributed by atoms with Gasteiger partial charge in [-0.15, -0.1) is 0 Å². The molecule has 13 heavy (non-hydrogen) atoms. The van der Waals surface area contributed by atoms with Crippen LogP contribution in [0.3, 0.4) is 0 Å². The van der Waals surface area contributed by atoms with Gasteiger partial charge >= 0.3 is 7.82 Å². The summed E-state index contributed by atoms with van der Waals surface area (Å²) in [7, 11) is -3.49. The van der Waals surface area contributed by atoms with E-state index < -0.39 is 7.82 Å². The highest BCUT2D eigenvalue weighted by molar-refractivity contribution is 7.48. The summed E-state index contributed by atoms with van der Waals surface area (Å²) in [5.41, 5.74) is 0. The van der Waals surface area contributed by atoms with Gasteiger partial charge in [0.1, 0.15) is 6.11 Å². The fraction of sp³-hybridized carbons (Fsp3) is 0.750. The van der Waals surface area contributed by atoms with Crippen LogP contribution in [-0.4, -0.2) is 13.2 Å². The topological polar surface area (TPSA) is 44.8 Å². The third kappa shape index (κ3) is 5.70. The summed E-state index contributed by atoms with van der Waals surface area (Å²) in [6.45, 7) is 4.39. The highest BCUT2D eigenvalue weighted by Crippen LogP contribution is 2.49. The Bertz CT molecular complexity index is 197. The minimum absolute atomic E-state index is 0.308. The maximum absolute atomic E-state index is 11.5. The standard InChI is InChI=1S/C8H15O4P/c1-4-7-11-13(9,10-6-3)12-8-5-2/h3H,4-5,7-8H2,1-2H3. The smallest absolute Gasteiger partial charge is 0.350 e. The molecule has 0 aromatic heterocycles. The van der Waals surface area contributed by atoms with Crippen molar-refractivity contribution in [3.63, 3.8) is 0 Å². The van der Waals surface area contributed by atoms with Crippen molar-refractivity contribution in [2.45, 2.75) is 26.7 Å². The molecule has 0 rings (SSSR count). The summed E-state index contributed by atoms with van der Waals surface area (Å²) in [5, 5.41) is 0. The first-order valence-electron chi connectivity index (χ1n) is 4.21. The van der Waals surface area contributed by atoms with Gasteiger partial charge in [0.15, 0.2) is 0 Å². The minimum atomic E-state index is -3.49. The molecule has 0 N–H and O–H groups in total. The van der Waals surface area contributed by atoms with E-state index in [1.165, 1.54) is 0 Å². The largest absolute Gasteiger partial charge is 0.538 e. The lowest BCUT2D eigenvalue weighted by Gasteiger charge is -2.13. The number of phosphoric ester groups is 1. The predicted molar refractivity (Wildman–Crippen MR) is 50.0 cm³/mol. The van der Waals surface area contributed by atoms with Gasteiger partial charge in [-0.25, -0.2) is 4.57 Å². The average molecular weight is 206 g/mol. The fourth-order valence-corrected chi connectivity index (χ4v) is 1.68. The Kier molecular flexibility index (Phi) is 6.70. The summed E-state index contributed by atoms with van der Waals surface area (Å²) < 4.78 is 25.8. The molecule has 0 aliphatic rings. The van der Waals surface area contributed by atoms with Crippen LogP contribution in [0.15, 0.2) is 0 Å². The monoisotopic (exact) mass is 206 g/mol. The SMILES string of the molecule is C#COP(=O)(OCCC)OCCC. The first kappa shape index (κ1) is 12.5. The molecule has 4 nitrogen and oxygen atoms in total. The zero-order valence-corrected chi connectivity index (χ0v) is 8.88. The van der Waals surface area contributed by atoms with Gasteiger partial charge in [-0.2, -0.15) is 0 Å². The number of phosphoric acid groups is 1. The summed E-state index contributed by atoms with van der Waals surface area (Å²) in [5.74, 6) is 0. The highest BCUT2D eigenvalue weighted by atomic mass is 31.2. The van der Waals surface area contributed by atoms with E-state index in [1.54, 1.807) is 0 Å². The Morgan fingerprint density at radius 3 is 2.00 bits per heavy atom. The molecule has 0 heterocycles. The number of rotatable bonds is 7. The Morgan fingerprint density at radius 1 is 1.23 bits per heavy atom. The lowest BCUT2D eigenvalue weighted by Crippen LogP contribution is -1.99. The van der Waals surface area contributed by atoms with E-state index in [9.17, 15) is 4.57 Å². The molecule has 0 aliphatic heterocycles. The average Bonchev–Trinajstić information content (AvgIpc) is 2.12. The van der Waals surface area contributed by atoms with Crippen molar-refractivity contribution in [3.05, 3.63) is 0 Å². The van der Waals surface area contributed by atoms with E-state index in [2.05, 4.69) is 4.52 Å². The molecular formula is C8H15O4P. The van der Waals surface area contributed by atoms with Crippen molar-refractivity contribution in [2.24, 2.45) is 0 Å². The molecule has 0 radical (unpaired) electrons. The van der Waals surface area contributed by atoms with Crippen LogP contribution < -0.4 is 0 Å². The minimum Gasteiger partial charge on any atom is -0.350 e. The van der Waals surface area contributed by atoms with Crippen LogP contribution in [0.4, 0.5) is 0 Å². The van der Waals surface area contributed by atoms with Crippen LogP contribution in [0.2, 0.25) is 0 Å². The van der Waals surface area contributed by atoms with Crippen LogP contribution in [0.25, 0.3) is 0 Å². The summed E-state index contributed by atoms with van der Waals surface area (Å²) >= 11 is 0. The van der Waals surface area contributed by atoms with E-state index in [0.29, 0.717) is 13.2 Å². The van der Waals surface area contributed by atoms with Crippen LogP contribution in [0.1, 0.15) is 26.7 Å². The van der Waals surface area contributed by atoms with Gasteiger partial charge in [-0.1, -0.05) is 20.3 Å². The van der Waals surface area contributed by atoms with Gasteiger partial charge in [0.25, 0.3) is 0 Å². The van der Waals surface area contributed by atoms with Gasteiger partial charge in [0.05, 0.1) is 13.2 Å². The van der Waals surface area contributed by atoms with E-state index >= 15 is 0 Å². The van der Waals surface area contributed by atoms with Gasteiger partial charge in [-0.3, -0.25) is 9.05 Å². The summed E-state index contributed by atoms with van der Waals surface area (Å²) in [4.78, 5) is 0. The maximum atomic E-state index is 11.5. The van der Waals surface area contributed by atoms with Crippen LogP contribution >= 0.6 is 7.82 Å². The molecule has 0 fully saturated rings. The van der Waals surface area contributed by atoms with Crippen molar-refractivity contribution in [2.75, 3.05) is 13.2 Å². The lowest BCUT2D eigenvalue weighted by atomic mass is 10.5. The van der Waals surface area contributed by atoms with Crippen LogP contribution in [0, 0.1) is 12.5 Å². The molecule has 0 amide bonds. The Labute approximate surface area is 79.2 Å². The molecule has 0 aromatic rings. The second kappa shape index (κ2) is 6.97. The number of hydrogen-bond acceptors (Lipinski definition) is 4. The molecule has 0 saturated heterocycles. The van der Waals surface area contributed by atoms with Gasteiger partial charge < -0.3 is 4.52 Å². The molecule has 76 valence electrons. The zero-order chi connectivity index (χ0) is 10.2. The Hall–Kier alpha value is -0.490. The van der Waals surface area contributed by atoms with Gasteiger partial charge in [0, 0.05) is 0 Å². The van der Waals surface area contributed by atoms with Crippen molar-refractivity contribution >= 4 is 7.82 Å². The van der Waals surface area contributed by atoms with Crippen molar-refractivity contribution in [3.8, 4) is 12.5 Å². The molecule has 0 aromatic carbocycles. The number of terminal acetylenes is 1. The third-order valence-corrected chi connectivity index (χ3v) is 2.40. The molecule has 0 bridgehead atoms. The van der Waals surface area contributed by atoms with Crippen LogP contribution in [-0.2, 0) is 18.1 Å². The molecule has 0 aliphatic carbocycles. The Morgan fingerprint density at radius 2 is 1.69 bits per heavy atom. The third-order valence-electron chi connectivity index (χ3n) is 1.07.